The fraction of sp³-hybridized carbons (Fsp3) is 0.478. The molecule has 0 spiro atoms. The number of nitrogens with zero attached hydrogens (tertiary/aromatic N) is 4. The summed E-state index contributed by atoms with van der Waals surface area (Å²) >= 11 is 0. The Bertz CT molecular complexity index is 1020. The molecule has 2 saturated heterocycles. The number of fused-ring (bicyclic) bond motifs is 1. The normalized spacial score (nSPS) is 24.6. The van der Waals surface area contributed by atoms with E-state index in [0.717, 1.165) is 30.3 Å². The third-order valence-electron chi connectivity index (χ3n) is 6.33. The highest BCUT2D eigenvalue weighted by Gasteiger charge is 2.28. The Morgan fingerprint density at radius 3 is 2.70 bits per heavy atom. The standard InChI is InChI=1S/C23H28FN5O/c1-15-6-7-16(2)29(15)21-9-8-17(12-26-21)23-27-20-5-3-4-19(24)22(20)28(23)14-18-13-25-10-11-30-18/h3-5,8-9,12,15-16,18,25H,6-7,10-11,13-14H2,1-2H3/t15-,16-,18-/m0/s1. The van der Waals surface area contributed by atoms with E-state index >= 15 is 0 Å². The zero-order chi connectivity index (χ0) is 20.7. The summed E-state index contributed by atoms with van der Waals surface area (Å²) in [6.45, 7) is 7.30. The van der Waals surface area contributed by atoms with Crippen LogP contribution in [-0.2, 0) is 11.3 Å². The van der Waals surface area contributed by atoms with Crippen molar-refractivity contribution in [2.45, 2.75) is 51.4 Å². The zero-order valence-electron chi connectivity index (χ0n) is 17.5. The van der Waals surface area contributed by atoms with E-state index in [0.29, 0.717) is 36.3 Å². The molecule has 0 unspecified atom stereocenters. The molecule has 0 aliphatic carbocycles. The Morgan fingerprint density at radius 2 is 2.00 bits per heavy atom. The topological polar surface area (TPSA) is 55.2 Å². The molecule has 0 radical (unpaired) electrons. The number of ether oxygens (including phenoxy) is 1. The molecule has 158 valence electrons. The lowest BCUT2D eigenvalue weighted by Crippen LogP contribution is -2.40. The third kappa shape index (κ3) is 3.46. The average molecular weight is 410 g/mol. The van der Waals surface area contributed by atoms with Crippen molar-refractivity contribution in [1.82, 2.24) is 19.9 Å². The summed E-state index contributed by atoms with van der Waals surface area (Å²) in [5, 5.41) is 3.35. The fourth-order valence-corrected chi connectivity index (χ4v) is 4.80. The van der Waals surface area contributed by atoms with E-state index in [1.165, 1.54) is 18.9 Å². The summed E-state index contributed by atoms with van der Waals surface area (Å²) in [7, 11) is 0. The van der Waals surface area contributed by atoms with Gasteiger partial charge in [0.25, 0.3) is 0 Å². The van der Waals surface area contributed by atoms with E-state index in [1.54, 1.807) is 6.07 Å². The Kier molecular flexibility index (Phi) is 5.16. The van der Waals surface area contributed by atoms with Crippen LogP contribution >= 0.6 is 0 Å². The molecular formula is C23H28FN5O. The van der Waals surface area contributed by atoms with Crippen LogP contribution in [0.25, 0.3) is 22.4 Å². The number of hydrogen-bond acceptors (Lipinski definition) is 5. The van der Waals surface area contributed by atoms with E-state index in [4.69, 9.17) is 14.7 Å². The summed E-state index contributed by atoms with van der Waals surface area (Å²) in [6, 6.07) is 10.1. The SMILES string of the molecule is C[C@H]1CC[C@H](C)N1c1ccc(-c2nc3cccc(F)c3n2C[C@@H]2CNCCO2)cn1. The highest BCUT2D eigenvalue weighted by atomic mass is 19.1. The third-order valence-corrected chi connectivity index (χ3v) is 6.33. The lowest BCUT2D eigenvalue weighted by atomic mass is 10.2. The van der Waals surface area contributed by atoms with Crippen LogP contribution in [0.2, 0.25) is 0 Å². The number of hydrogen-bond donors (Lipinski definition) is 1. The molecule has 2 aromatic heterocycles. The Balaban J connectivity index is 1.53. The molecule has 1 aromatic carbocycles. The van der Waals surface area contributed by atoms with E-state index in [2.05, 4.69) is 36.2 Å². The number of anilines is 1. The van der Waals surface area contributed by atoms with Gasteiger partial charge in [-0.05, 0) is 51.0 Å². The summed E-state index contributed by atoms with van der Waals surface area (Å²) in [4.78, 5) is 11.9. The molecule has 7 heteroatoms. The number of halogens is 1. The van der Waals surface area contributed by atoms with Crippen molar-refractivity contribution in [3.05, 3.63) is 42.3 Å². The molecule has 3 atom stereocenters. The van der Waals surface area contributed by atoms with Gasteiger partial charge in [0.2, 0.25) is 0 Å². The Hall–Kier alpha value is -2.51. The molecule has 0 amide bonds. The average Bonchev–Trinajstić information content (AvgIpc) is 3.29. The van der Waals surface area contributed by atoms with E-state index < -0.39 is 0 Å². The minimum absolute atomic E-state index is 0.0203. The molecule has 6 nitrogen and oxygen atoms in total. The highest BCUT2D eigenvalue weighted by molar-refractivity contribution is 5.81. The molecule has 30 heavy (non-hydrogen) atoms. The lowest BCUT2D eigenvalue weighted by Gasteiger charge is -2.27. The van der Waals surface area contributed by atoms with E-state index in [-0.39, 0.29) is 11.9 Å². The van der Waals surface area contributed by atoms with Gasteiger partial charge in [0.05, 0.1) is 24.8 Å². The van der Waals surface area contributed by atoms with Gasteiger partial charge in [0.15, 0.2) is 0 Å². The molecule has 1 N–H and O–H groups in total. The molecule has 5 rings (SSSR count). The molecule has 2 fully saturated rings. The predicted octanol–water partition coefficient (Wildman–Crippen LogP) is 3.60. The second-order valence-electron chi connectivity index (χ2n) is 8.44. The van der Waals surface area contributed by atoms with Crippen molar-refractivity contribution in [2.75, 3.05) is 24.6 Å². The number of para-hydroxylation sites is 1. The van der Waals surface area contributed by atoms with Crippen molar-refractivity contribution in [3.8, 4) is 11.4 Å². The van der Waals surface area contributed by atoms with E-state index in [9.17, 15) is 4.39 Å². The van der Waals surface area contributed by atoms with Crippen LogP contribution in [0, 0.1) is 5.82 Å². The molecule has 2 aliphatic rings. The van der Waals surface area contributed by atoms with Crippen molar-refractivity contribution < 1.29 is 9.13 Å². The first-order valence-electron chi connectivity index (χ1n) is 10.8. The van der Waals surface area contributed by atoms with Gasteiger partial charge in [-0.25, -0.2) is 14.4 Å². The molecule has 3 aromatic rings. The quantitative estimate of drug-likeness (QED) is 0.714. The van der Waals surface area contributed by atoms with Crippen LogP contribution in [0.15, 0.2) is 36.5 Å². The zero-order valence-corrected chi connectivity index (χ0v) is 17.5. The predicted molar refractivity (Wildman–Crippen MR) is 116 cm³/mol. The highest BCUT2D eigenvalue weighted by Crippen LogP contribution is 2.31. The molecule has 0 bridgehead atoms. The van der Waals surface area contributed by atoms with Gasteiger partial charge in [-0.1, -0.05) is 6.07 Å². The number of rotatable bonds is 4. The number of morpholine rings is 1. The van der Waals surface area contributed by atoms with Crippen molar-refractivity contribution in [1.29, 1.82) is 0 Å². The number of pyridine rings is 1. The molecule has 2 aliphatic heterocycles. The maximum atomic E-state index is 14.7. The monoisotopic (exact) mass is 409 g/mol. The maximum Gasteiger partial charge on any atom is 0.149 e. The van der Waals surface area contributed by atoms with Crippen molar-refractivity contribution in [2.24, 2.45) is 0 Å². The molecule has 4 heterocycles. The van der Waals surface area contributed by atoms with Crippen LogP contribution < -0.4 is 10.2 Å². The number of benzene rings is 1. The summed E-state index contributed by atoms with van der Waals surface area (Å²) in [6.07, 6.45) is 4.22. The van der Waals surface area contributed by atoms with Crippen LogP contribution in [0.3, 0.4) is 0 Å². The van der Waals surface area contributed by atoms with Gasteiger partial charge in [0.1, 0.15) is 23.0 Å². The second kappa shape index (κ2) is 7.96. The van der Waals surface area contributed by atoms with Crippen LogP contribution in [0.4, 0.5) is 10.2 Å². The Morgan fingerprint density at radius 1 is 1.17 bits per heavy atom. The fourth-order valence-electron chi connectivity index (χ4n) is 4.80. The number of imidazole rings is 1. The van der Waals surface area contributed by atoms with Gasteiger partial charge in [-0.2, -0.15) is 0 Å². The first-order chi connectivity index (χ1) is 14.6. The summed E-state index contributed by atoms with van der Waals surface area (Å²) < 4.78 is 22.6. The van der Waals surface area contributed by atoms with Gasteiger partial charge in [-0.3, -0.25) is 0 Å². The minimum atomic E-state index is -0.265. The Labute approximate surface area is 176 Å². The van der Waals surface area contributed by atoms with Gasteiger partial charge in [-0.15, -0.1) is 0 Å². The van der Waals surface area contributed by atoms with Gasteiger partial charge >= 0.3 is 0 Å². The molecule has 0 saturated carbocycles. The smallest absolute Gasteiger partial charge is 0.149 e. The maximum absolute atomic E-state index is 14.7. The van der Waals surface area contributed by atoms with Crippen LogP contribution in [-0.4, -0.2) is 52.4 Å². The van der Waals surface area contributed by atoms with Crippen molar-refractivity contribution >= 4 is 16.9 Å². The minimum Gasteiger partial charge on any atom is -0.374 e. The first-order valence-corrected chi connectivity index (χ1v) is 10.8. The van der Waals surface area contributed by atoms with Crippen LogP contribution in [0.5, 0.6) is 0 Å². The summed E-state index contributed by atoms with van der Waals surface area (Å²) in [5.74, 6) is 1.45. The largest absolute Gasteiger partial charge is 0.374 e. The summed E-state index contributed by atoms with van der Waals surface area (Å²) in [5.41, 5.74) is 2.06. The van der Waals surface area contributed by atoms with Gasteiger partial charge in [0, 0.05) is 36.9 Å². The molecular weight excluding hydrogens is 381 g/mol. The second-order valence-corrected chi connectivity index (χ2v) is 8.44. The number of aromatic nitrogens is 3. The first kappa shape index (κ1) is 19.5. The van der Waals surface area contributed by atoms with Crippen molar-refractivity contribution in [3.63, 3.8) is 0 Å². The van der Waals surface area contributed by atoms with E-state index in [1.807, 2.05) is 16.8 Å². The number of nitrogens with one attached hydrogen (secondary N) is 1. The van der Waals surface area contributed by atoms with Gasteiger partial charge < -0.3 is 19.5 Å². The lowest BCUT2D eigenvalue weighted by molar-refractivity contribution is 0.0190. The van der Waals surface area contributed by atoms with Crippen LogP contribution in [0.1, 0.15) is 26.7 Å².